The number of nitrogens with zero attached hydrogens (tertiary/aromatic N) is 1. The SMILES string of the molecule is C=CC1(CC)CCCN(Cc2ccccc2)C1=O. The summed E-state index contributed by atoms with van der Waals surface area (Å²) < 4.78 is 0. The van der Waals surface area contributed by atoms with Crippen LogP contribution in [-0.2, 0) is 11.3 Å². The second-order valence-corrected chi connectivity index (χ2v) is 5.03. The zero-order valence-electron chi connectivity index (χ0n) is 11.1. The molecule has 1 atom stereocenters. The van der Waals surface area contributed by atoms with Crippen molar-refractivity contribution in [3.63, 3.8) is 0 Å². The molecule has 2 rings (SSSR count). The molecule has 0 aliphatic carbocycles. The first kappa shape index (κ1) is 12.9. The van der Waals surface area contributed by atoms with Crippen molar-refractivity contribution in [3.05, 3.63) is 48.6 Å². The Labute approximate surface area is 109 Å². The van der Waals surface area contributed by atoms with Crippen molar-refractivity contribution in [2.45, 2.75) is 32.7 Å². The van der Waals surface area contributed by atoms with Gasteiger partial charge in [-0.05, 0) is 24.8 Å². The van der Waals surface area contributed by atoms with E-state index in [-0.39, 0.29) is 11.3 Å². The van der Waals surface area contributed by atoms with Gasteiger partial charge in [0.25, 0.3) is 0 Å². The van der Waals surface area contributed by atoms with Gasteiger partial charge in [0.2, 0.25) is 5.91 Å². The van der Waals surface area contributed by atoms with Gasteiger partial charge in [0.05, 0.1) is 5.41 Å². The van der Waals surface area contributed by atoms with Gasteiger partial charge in [-0.25, -0.2) is 0 Å². The maximum Gasteiger partial charge on any atom is 0.232 e. The Balaban J connectivity index is 2.14. The van der Waals surface area contributed by atoms with Gasteiger partial charge in [-0.15, -0.1) is 6.58 Å². The number of hydrogen-bond donors (Lipinski definition) is 0. The third-order valence-electron chi connectivity index (χ3n) is 4.00. The van der Waals surface area contributed by atoms with Crippen molar-refractivity contribution in [3.8, 4) is 0 Å². The van der Waals surface area contributed by atoms with Crippen LogP contribution in [0.2, 0.25) is 0 Å². The Kier molecular flexibility index (Phi) is 3.85. The Hall–Kier alpha value is -1.57. The van der Waals surface area contributed by atoms with Crippen LogP contribution >= 0.6 is 0 Å². The molecule has 0 bridgehead atoms. The quantitative estimate of drug-likeness (QED) is 0.742. The van der Waals surface area contributed by atoms with E-state index in [1.54, 1.807) is 0 Å². The predicted octanol–water partition coefficient (Wildman–Crippen LogP) is 3.39. The summed E-state index contributed by atoms with van der Waals surface area (Å²) >= 11 is 0. The molecule has 96 valence electrons. The van der Waals surface area contributed by atoms with E-state index >= 15 is 0 Å². The van der Waals surface area contributed by atoms with Crippen LogP contribution in [0.15, 0.2) is 43.0 Å². The summed E-state index contributed by atoms with van der Waals surface area (Å²) in [6.07, 6.45) is 4.71. The molecule has 0 saturated carbocycles. The highest BCUT2D eigenvalue weighted by Gasteiger charge is 2.39. The largest absolute Gasteiger partial charge is 0.338 e. The van der Waals surface area contributed by atoms with E-state index < -0.39 is 0 Å². The number of benzene rings is 1. The van der Waals surface area contributed by atoms with Crippen LogP contribution in [0.25, 0.3) is 0 Å². The molecular formula is C16H21NO. The summed E-state index contributed by atoms with van der Waals surface area (Å²) in [6.45, 7) is 7.53. The van der Waals surface area contributed by atoms with Crippen LogP contribution in [-0.4, -0.2) is 17.4 Å². The maximum atomic E-state index is 12.6. The van der Waals surface area contributed by atoms with Crippen molar-refractivity contribution in [1.29, 1.82) is 0 Å². The fraction of sp³-hybridized carbons (Fsp3) is 0.438. The Morgan fingerprint density at radius 3 is 2.72 bits per heavy atom. The van der Waals surface area contributed by atoms with Crippen LogP contribution in [0.1, 0.15) is 31.7 Å². The van der Waals surface area contributed by atoms with Gasteiger partial charge in [0, 0.05) is 13.1 Å². The first-order valence-electron chi connectivity index (χ1n) is 6.69. The molecule has 1 aromatic rings. The number of rotatable bonds is 4. The van der Waals surface area contributed by atoms with Crippen molar-refractivity contribution in [2.75, 3.05) is 6.54 Å². The topological polar surface area (TPSA) is 20.3 Å². The summed E-state index contributed by atoms with van der Waals surface area (Å²) in [5.41, 5.74) is 0.870. The van der Waals surface area contributed by atoms with Crippen LogP contribution in [0.4, 0.5) is 0 Å². The lowest BCUT2D eigenvalue weighted by Gasteiger charge is -2.39. The van der Waals surface area contributed by atoms with E-state index in [1.807, 2.05) is 29.2 Å². The number of hydrogen-bond acceptors (Lipinski definition) is 1. The van der Waals surface area contributed by atoms with Gasteiger partial charge in [0.15, 0.2) is 0 Å². The van der Waals surface area contributed by atoms with Crippen LogP contribution in [0.5, 0.6) is 0 Å². The van der Waals surface area contributed by atoms with Gasteiger partial charge >= 0.3 is 0 Å². The van der Waals surface area contributed by atoms with Crippen LogP contribution in [0, 0.1) is 5.41 Å². The number of carbonyl (C=O) groups excluding carboxylic acids is 1. The first-order chi connectivity index (χ1) is 8.72. The van der Waals surface area contributed by atoms with Gasteiger partial charge in [0.1, 0.15) is 0 Å². The summed E-state index contributed by atoms with van der Waals surface area (Å²) in [4.78, 5) is 14.5. The fourth-order valence-corrected chi connectivity index (χ4v) is 2.73. The maximum absolute atomic E-state index is 12.6. The normalized spacial score (nSPS) is 24.1. The van der Waals surface area contributed by atoms with Crippen molar-refractivity contribution in [1.82, 2.24) is 4.90 Å². The molecule has 0 N–H and O–H groups in total. The minimum absolute atomic E-state index is 0.245. The number of piperidine rings is 1. The van der Waals surface area contributed by atoms with E-state index in [4.69, 9.17) is 0 Å². The van der Waals surface area contributed by atoms with E-state index in [0.717, 1.165) is 32.4 Å². The molecule has 1 aliphatic rings. The Morgan fingerprint density at radius 1 is 1.39 bits per heavy atom. The minimum atomic E-state index is -0.326. The molecule has 1 aromatic carbocycles. The molecule has 1 heterocycles. The van der Waals surface area contributed by atoms with E-state index in [2.05, 4.69) is 25.6 Å². The highest BCUT2D eigenvalue weighted by atomic mass is 16.2. The molecule has 2 nitrogen and oxygen atoms in total. The van der Waals surface area contributed by atoms with Gasteiger partial charge < -0.3 is 4.90 Å². The Morgan fingerprint density at radius 2 is 2.11 bits per heavy atom. The van der Waals surface area contributed by atoms with E-state index in [1.165, 1.54) is 5.56 Å². The highest BCUT2D eigenvalue weighted by molar-refractivity contribution is 5.85. The zero-order valence-corrected chi connectivity index (χ0v) is 11.1. The predicted molar refractivity (Wildman–Crippen MR) is 74.0 cm³/mol. The molecule has 0 radical (unpaired) electrons. The molecule has 1 amide bonds. The van der Waals surface area contributed by atoms with Gasteiger partial charge in [-0.1, -0.05) is 43.3 Å². The summed E-state index contributed by atoms with van der Waals surface area (Å²) in [5, 5.41) is 0. The number of carbonyl (C=O) groups is 1. The average Bonchev–Trinajstić information content (AvgIpc) is 2.43. The first-order valence-corrected chi connectivity index (χ1v) is 6.69. The third-order valence-corrected chi connectivity index (χ3v) is 4.00. The lowest BCUT2D eigenvalue weighted by Crippen LogP contribution is -2.47. The lowest BCUT2D eigenvalue weighted by atomic mass is 9.77. The zero-order chi connectivity index (χ0) is 13.0. The molecule has 2 heteroatoms. The lowest BCUT2D eigenvalue weighted by molar-refractivity contribution is -0.144. The molecule has 0 spiro atoms. The molecule has 1 aliphatic heterocycles. The molecule has 1 fully saturated rings. The standard InChI is InChI=1S/C16H21NO/c1-3-16(4-2)11-8-12-17(15(16)18)13-14-9-6-5-7-10-14/h3,5-7,9-10H,1,4,8,11-13H2,2H3. The smallest absolute Gasteiger partial charge is 0.232 e. The minimum Gasteiger partial charge on any atom is -0.338 e. The summed E-state index contributed by atoms with van der Waals surface area (Å²) in [7, 11) is 0. The van der Waals surface area contributed by atoms with Crippen molar-refractivity contribution in [2.24, 2.45) is 5.41 Å². The summed E-state index contributed by atoms with van der Waals surface area (Å²) in [5.74, 6) is 0.245. The molecular weight excluding hydrogens is 222 g/mol. The fourth-order valence-electron chi connectivity index (χ4n) is 2.73. The Bertz CT molecular complexity index is 426. The second kappa shape index (κ2) is 5.38. The van der Waals surface area contributed by atoms with E-state index in [9.17, 15) is 4.79 Å². The molecule has 18 heavy (non-hydrogen) atoms. The average molecular weight is 243 g/mol. The van der Waals surface area contributed by atoms with Crippen LogP contribution < -0.4 is 0 Å². The van der Waals surface area contributed by atoms with Crippen molar-refractivity contribution >= 4 is 5.91 Å². The second-order valence-electron chi connectivity index (χ2n) is 5.03. The number of amides is 1. The monoisotopic (exact) mass is 243 g/mol. The highest BCUT2D eigenvalue weighted by Crippen LogP contribution is 2.36. The van der Waals surface area contributed by atoms with Gasteiger partial charge in [-0.3, -0.25) is 4.79 Å². The van der Waals surface area contributed by atoms with Gasteiger partial charge in [-0.2, -0.15) is 0 Å². The molecule has 1 saturated heterocycles. The van der Waals surface area contributed by atoms with Crippen LogP contribution in [0.3, 0.4) is 0 Å². The van der Waals surface area contributed by atoms with E-state index in [0.29, 0.717) is 0 Å². The molecule has 1 unspecified atom stereocenters. The summed E-state index contributed by atoms with van der Waals surface area (Å²) in [6, 6.07) is 10.2. The third kappa shape index (κ3) is 2.33. The molecule has 0 aromatic heterocycles. The number of likely N-dealkylation sites (tertiary alicyclic amines) is 1. The van der Waals surface area contributed by atoms with Crippen molar-refractivity contribution < 1.29 is 4.79 Å².